The maximum absolute atomic E-state index is 5.46. The van der Waals surface area contributed by atoms with Gasteiger partial charge in [-0.05, 0) is 25.7 Å². The molecule has 1 saturated carbocycles. The Bertz CT molecular complexity index is 418. The van der Waals surface area contributed by atoms with Gasteiger partial charge in [-0.25, -0.2) is 0 Å². The van der Waals surface area contributed by atoms with Gasteiger partial charge in [0.2, 0.25) is 0 Å². The molecule has 1 aliphatic rings. The van der Waals surface area contributed by atoms with Crippen LogP contribution < -0.4 is 19.5 Å². The molecule has 4 nitrogen and oxygen atoms in total. The number of hydrogen-bond donors (Lipinski definition) is 1. The lowest BCUT2D eigenvalue weighted by Gasteiger charge is -2.32. The summed E-state index contributed by atoms with van der Waals surface area (Å²) < 4.78 is 16.2. The maximum atomic E-state index is 5.46. The number of hydrogen-bond acceptors (Lipinski definition) is 4. The lowest BCUT2D eigenvalue weighted by atomic mass is 9.80. The molecule has 0 bridgehead atoms. The highest BCUT2D eigenvalue weighted by Crippen LogP contribution is 2.35. The second kappa shape index (κ2) is 6.84. The van der Waals surface area contributed by atoms with Crippen LogP contribution in [0, 0.1) is 5.92 Å². The van der Waals surface area contributed by atoms with E-state index in [0.717, 1.165) is 35.3 Å². The molecular formula is C16H25NO3. The molecular weight excluding hydrogens is 254 g/mol. The highest BCUT2D eigenvalue weighted by atomic mass is 16.5. The van der Waals surface area contributed by atoms with E-state index in [1.807, 2.05) is 12.1 Å². The van der Waals surface area contributed by atoms with Crippen LogP contribution >= 0.6 is 0 Å². The number of nitrogens with one attached hydrogen (secondary N) is 1. The highest BCUT2D eigenvalue weighted by molar-refractivity contribution is 5.50. The van der Waals surface area contributed by atoms with Crippen molar-refractivity contribution in [1.82, 2.24) is 5.32 Å². The quantitative estimate of drug-likeness (QED) is 0.833. The average molecular weight is 279 g/mol. The van der Waals surface area contributed by atoms with Crippen molar-refractivity contribution in [3.63, 3.8) is 0 Å². The van der Waals surface area contributed by atoms with Gasteiger partial charge in [-0.2, -0.15) is 0 Å². The average Bonchev–Trinajstić information content (AvgIpc) is 2.42. The third-order valence-electron chi connectivity index (χ3n) is 4.27. The van der Waals surface area contributed by atoms with E-state index in [1.54, 1.807) is 21.3 Å². The molecule has 0 amide bonds. The normalized spacial score (nSPS) is 16.4. The van der Waals surface area contributed by atoms with E-state index in [2.05, 4.69) is 12.2 Å². The van der Waals surface area contributed by atoms with Crippen molar-refractivity contribution >= 4 is 0 Å². The predicted molar refractivity (Wildman–Crippen MR) is 79.7 cm³/mol. The van der Waals surface area contributed by atoms with Crippen molar-refractivity contribution in [3.8, 4) is 17.2 Å². The second-order valence-corrected chi connectivity index (χ2v) is 5.37. The van der Waals surface area contributed by atoms with Gasteiger partial charge in [0.1, 0.15) is 17.2 Å². The molecule has 0 aromatic heterocycles. The smallest absolute Gasteiger partial charge is 0.130 e. The minimum absolute atomic E-state index is 0.528. The van der Waals surface area contributed by atoms with Gasteiger partial charge in [0.25, 0.3) is 0 Å². The summed E-state index contributed by atoms with van der Waals surface area (Å²) >= 11 is 0. The molecule has 0 radical (unpaired) electrons. The Kier molecular flexibility index (Phi) is 5.12. The molecule has 1 N–H and O–H groups in total. The standard InChI is InChI=1S/C16H25NO3/c1-11(12-6-5-7-12)17-10-14-15(19-3)8-13(18-2)9-16(14)20-4/h8-9,11-12,17H,5-7,10H2,1-4H3. The summed E-state index contributed by atoms with van der Waals surface area (Å²) in [5.74, 6) is 3.16. The molecule has 20 heavy (non-hydrogen) atoms. The minimum atomic E-state index is 0.528. The molecule has 0 saturated heterocycles. The Labute approximate surface area is 121 Å². The number of rotatable bonds is 7. The number of methoxy groups -OCH3 is 3. The van der Waals surface area contributed by atoms with Crippen LogP contribution in [0.25, 0.3) is 0 Å². The highest BCUT2D eigenvalue weighted by Gasteiger charge is 2.24. The molecule has 1 fully saturated rings. The van der Waals surface area contributed by atoms with Crippen LogP contribution in [0.4, 0.5) is 0 Å². The van der Waals surface area contributed by atoms with Gasteiger partial charge in [0.15, 0.2) is 0 Å². The van der Waals surface area contributed by atoms with Crippen molar-refractivity contribution in [1.29, 1.82) is 0 Å². The van der Waals surface area contributed by atoms with E-state index in [-0.39, 0.29) is 0 Å². The second-order valence-electron chi connectivity index (χ2n) is 5.37. The van der Waals surface area contributed by atoms with Gasteiger partial charge in [-0.15, -0.1) is 0 Å². The Morgan fingerprint density at radius 3 is 2.10 bits per heavy atom. The van der Waals surface area contributed by atoms with Gasteiger partial charge < -0.3 is 19.5 Å². The summed E-state index contributed by atoms with van der Waals surface area (Å²) in [4.78, 5) is 0. The van der Waals surface area contributed by atoms with E-state index in [4.69, 9.17) is 14.2 Å². The van der Waals surface area contributed by atoms with Crippen LogP contribution in [-0.4, -0.2) is 27.4 Å². The van der Waals surface area contributed by atoms with Crippen molar-refractivity contribution in [2.75, 3.05) is 21.3 Å². The van der Waals surface area contributed by atoms with E-state index in [0.29, 0.717) is 6.04 Å². The SMILES string of the molecule is COc1cc(OC)c(CNC(C)C2CCC2)c(OC)c1. The van der Waals surface area contributed by atoms with Crippen LogP contribution in [0.2, 0.25) is 0 Å². The fourth-order valence-corrected chi connectivity index (χ4v) is 2.62. The Morgan fingerprint density at radius 1 is 1.10 bits per heavy atom. The van der Waals surface area contributed by atoms with Crippen LogP contribution in [-0.2, 0) is 6.54 Å². The van der Waals surface area contributed by atoms with Gasteiger partial charge in [-0.3, -0.25) is 0 Å². The monoisotopic (exact) mass is 279 g/mol. The summed E-state index contributed by atoms with van der Waals surface area (Å²) in [6, 6.07) is 4.32. The largest absolute Gasteiger partial charge is 0.496 e. The lowest BCUT2D eigenvalue weighted by Crippen LogP contribution is -2.36. The Morgan fingerprint density at radius 2 is 1.70 bits per heavy atom. The molecule has 4 heteroatoms. The third kappa shape index (κ3) is 3.18. The first-order chi connectivity index (χ1) is 9.69. The minimum Gasteiger partial charge on any atom is -0.496 e. The molecule has 0 heterocycles. The molecule has 0 aliphatic heterocycles. The van der Waals surface area contributed by atoms with Crippen molar-refractivity contribution in [2.45, 2.75) is 38.8 Å². The molecule has 1 aromatic rings. The van der Waals surface area contributed by atoms with Gasteiger partial charge in [0, 0.05) is 24.7 Å². The molecule has 2 rings (SSSR count). The lowest BCUT2D eigenvalue weighted by molar-refractivity contribution is 0.238. The van der Waals surface area contributed by atoms with E-state index >= 15 is 0 Å². The molecule has 1 unspecified atom stereocenters. The first-order valence-electron chi connectivity index (χ1n) is 7.21. The summed E-state index contributed by atoms with van der Waals surface area (Å²) in [7, 11) is 4.99. The summed E-state index contributed by atoms with van der Waals surface area (Å²) in [6.45, 7) is 3.00. The number of ether oxygens (including phenoxy) is 3. The molecule has 0 spiro atoms. The summed E-state index contributed by atoms with van der Waals surface area (Å²) in [6.07, 6.45) is 4.04. The fourth-order valence-electron chi connectivity index (χ4n) is 2.62. The van der Waals surface area contributed by atoms with Crippen LogP contribution in [0.5, 0.6) is 17.2 Å². The third-order valence-corrected chi connectivity index (χ3v) is 4.27. The first-order valence-corrected chi connectivity index (χ1v) is 7.21. The van der Waals surface area contributed by atoms with Crippen LogP contribution in [0.1, 0.15) is 31.7 Å². The molecule has 1 aliphatic carbocycles. The molecule has 1 aromatic carbocycles. The maximum Gasteiger partial charge on any atom is 0.130 e. The van der Waals surface area contributed by atoms with Crippen LogP contribution in [0.15, 0.2) is 12.1 Å². The fraction of sp³-hybridized carbons (Fsp3) is 0.625. The van der Waals surface area contributed by atoms with E-state index in [1.165, 1.54) is 19.3 Å². The Balaban J connectivity index is 2.11. The van der Waals surface area contributed by atoms with Gasteiger partial charge in [-0.1, -0.05) is 6.42 Å². The zero-order valence-corrected chi connectivity index (χ0v) is 12.9. The molecule has 1 atom stereocenters. The van der Waals surface area contributed by atoms with Crippen molar-refractivity contribution in [3.05, 3.63) is 17.7 Å². The van der Waals surface area contributed by atoms with E-state index in [9.17, 15) is 0 Å². The summed E-state index contributed by atoms with van der Waals surface area (Å²) in [5, 5.41) is 3.59. The van der Waals surface area contributed by atoms with Crippen LogP contribution in [0.3, 0.4) is 0 Å². The van der Waals surface area contributed by atoms with Gasteiger partial charge >= 0.3 is 0 Å². The first kappa shape index (κ1) is 15.0. The van der Waals surface area contributed by atoms with Crippen molar-refractivity contribution < 1.29 is 14.2 Å². The van der Waals surface area contributed by atoms with Crippen molar-refractivity contribution in [2.24, 2.45) is 5.92 Å². The summed E-state index contributed by atoms with van der Waals surface area (Å²) in [5.41, 5.74) is 1.04. The van der Waals surface area contributed by atoms with Gasteiger partial charge in [0.05, 0.1) is 26.9 Å². The Hall–Kier alpha value is -1.42. The molecule has 112 valence electrons. The topological polar surface area (TPSA) is 39.7 Å². The predicted octanol–water partition coefficient (Wildman–Crippen LogP) is 2.99. The number of benzene rings is 1. The zero-order chi connectivity index (χ0) is 14.5. The van der Waals surface area contributed by atoms with E-state index < -0.39 is 0 Å². The zero-order valence-electron chi connectivity index (χ0n) is 12.9.